The highest BCUT2D eigenvalue weighted by molar-refractivity contribution is 5.96. The molecule has 0 saturated heterocycles. The Hall–Kier alpha value is -3.65. The molecule has 0 aliphatic carbocycles. The third-order valence-corrected chi connectivity index (χ3v) is 5.09. The number of carbonyl (C=O) groups is 1. The van der Waals surface area contributed by atoms with Crippen LogP contribution in [0.25, 0.3) is 0 Å². The maximum atomic E-state index is 13.0. The number of carbonyl (C=O) groups excluding carboxylic acids is 1. The van der Waals surface area contributed by atoms with Gasteiger partial charge in [0.05, 0.1) is 13.6 Å². The summed E-state index contributed by atoms with van der Waals surface area (Å²) in [6.07, 6.45) is 0. The second-order valence-electron chi connectivity index (χ2n) is 7.50. The summed E-state index contributed by atoms with van der Waals surface area (Å²) in [5, 5.41) is 0. The van der Waals surface area contributed by atoms with E-state index in [4.69, 9.17) is 5.73 Å². The summed E-state index contributed by atoms with van der Waals surface area (Å²) >= 11 is 0. The lowest BCUT2D eigenvalue weighted by atomic mass is 10.2. The van der Waals surface area contributed by atoms with Crippen molar-refractivity contribution in [1.29, 1.82) is 0 Å². The van der Waals surface area contributed by atoms with Crippen molar-refractivity contribution in [2.45, 2.75) is 20.0 Å². The zero-order valence-corrected chi connectivity index (χ0v) is 17.8. The molecule has 1 heterocycles. The highest BCUT2D eigenvalue weighted by atomic mass is 16.2. The van der Waals surface area contributed by atoms with Crippen LogP contribution in [0.4, 0.5) is 11.5 Å². The topological polar surface area (TPSA) is 106 Å². The highest BCUT2D eigenvalue weighted by Gasteiger charge is 2.25. The fourth-order valence-electron chi connectivity index (χ4n) is 3.58. The molecule has 0 fully saturated rings. The number of hydrogen-bond donors (Lipinski definition) is 3. The van der Waals surface area contributed by atoms with Gasteiger partial charge in [0, 0.05) is 12.1 Å². The van der Waals surface area contributed by atoms with Gasteiger partial charge < -0.3 is 10.6 Å². The van der Waals surface area contributed by atoms with Gasteiger partial charge in [-0.2, -0.15) is 0 Å². The summed E-state index contributed by atoms with van der Waals surface area (Å²) in [4.78, 5) is 42.7. The third kappa shape index (κ3) is 5.29. The van der Waals surface area contributed by atoms with Gasteiger partial charge in [-0.05, 0) is 12.5 Å². The quantitative estimate of drug-likeness (QED) is 0.483. The second kappa shape index (κ2) is 9.90. The van der Waals surface area contributed by atoms with E-state index >= 15 is 0 Å². The average molecular weight is 423 g/mol. The van der Waals surface area contributed by atoms with Gasteiger partial charge in [0.1, 0.15) is 12.4 Å². The lowest BCUT2D eigenvalue weighted by molar-refractivity contribution is -0.885. The van der Waals surface area contributed by atoms with Crippen LogP contribution in [0.2, 0.25) is 0 Å². The fraction of sp³-hybridized carbons (Fsp3) is 0.261. The molecule has 8 heteroatoms. The number of benzene rings is 2. The van der Waals surface area contributed by atoms with Crippen molar-refractivity contribution in [3.8, 4) is 0 Å². The number of amides is 1. The Kier molecular flexibility index (Phi) is 7.04. The van der Waals surface area contributed by atoms with E-state index in [1.807, 2.05) is 67.7 Å². The van der Waals surface area contributed by atoms with Crippen LogP contribution in [0.3, 0.4) is 0 Å². The van der Waals surface area contributed by atoms with Crippen LogP contribution in [0.15, 0.2) is 70.3 Å². The van der Waals surface area contributed by atoms with Crippen LogP contribution in [0, 0.1) is 0 Å². The molecule has 0 bridgehead atoms. The van der Waals surface area contributed by atoms with Gasteiger partial charge in [-0.25, -0.2) is 4.79 Å². The molecule has 0 saturated carbocycles. The van der Waals surface area contributed by atoms with Crippen molar-refractivity contribution in [2.24, 2.45) is 0 Å². The molecule has 1 amide bonds. The monoisotopic (exact) mass is 422 g/mol. The number of hydrogen-bond acceptors (Lipinski definition) is 4. The van der Waals surface area contributed by atoms with E-state index in [1.165, 1.54) is 9.47 Å². The molecule has 0 aliphatic heterocycles. The van der Waals surface area contributed by atoms with Crippen LogP contribution in [-0.4, -0.2) is 35.6 Å². The Morgan fingerprint density at radius 3 is 2.19 bits per heavy atom. The fourth-order valence-corrected chi connectivity index (χ4v) is 3.58. The lowest BCUT2D eigenvalue weighted by Gasteiger charge is -2.24. The van der Waals surface area contributed by atoms with E-state index in [2.05, 4.69) is 4.98 Å². The zero-order valence-electron chi connectivity index (χ0n) is 17.8. The summed E-state index contributed by atoms with van der Waals surface area (Å²) in [5.74, 6) is -0.258. The molecule has 0 aliphatic rings. The van der Waals surface area contributed by atoms with Crippen molar-refractivity contribution < 1.29 is 9.69 Å². The first-order chi connectivity index (χ1) is 14.9. The number of likely N-dealkylation sites (N-methyl/N-ethyl adjacent to an activating group) is 2. The highest BCUT2D eigenvalue weighted by Crippen LogP contribution is 2.17. The maximum Gasteiger partial charge on any atom is 0.330 e. The summed E-state index contributed by atoms with van der Waals surface area (Å²) in [6, 6.07) is 19.2. The number of aromatic amines is 1. The van der Waals surface area contributed by atoms with Gasteiger partial charge in [-0.3, -0.25) is 24.0 Å². The van der Waals surface area contributed by atoms with Crippen LogP contribution in [-0.2, 0) is 17.9 Å². The number of nitrogens with zero attached hydrogens (tertiary/aromatic N) is 2. The third-order valence-electron chi connectivity index (χ3n) is 5.09. The van der Waals surface area contributed by atoms with Crippen LogP contribution < -0.4 is 26.8 Å². The molecule has 1 atom stereocenters. The largest absolute Gasteiger partial charge is 0.383 e. The predicted molar refractivity (Wildman–Crippen MR) is 121 cm³/mol. The molecule has 0 radical (unpaired) electrons. The summed E-state index contributed by atoms with van der Waals surface area (Å²) in [6.45, 7) is 3.08. The molecule has 0 spiro atoms. The second-order valence-corrected chi connectivity index (χ2v) is 7.50. The number of quaternary nitrogens is 1. The number of nitrogens with two attached hydrogens (primary N) is 1. The number of nitrogen functional groups attached to an aromatic ring is 1. The van der Waals surface area contributed by atoms with Gasteiger partial charge in [0.15, 0.2) is 12.2 Å². The summed E-state index contributed by atoms with van der Waals surface area (Å²) in [5.41, 5.74) is 6.96. The molecule has 162 valence electrons. The van der Waals surface area contributed by atoms with Crippen molar-refractivity contribution in [3.05, 3.63) is 92.6 Å². The Bertz CT molecular complexity index is 1140. The zero-order chi connectivity index (χ0) is 22.4. The minimum absolute atomic E-state index is 0.00976. The SMILES string of the molecule is CCN(C(=O)C[NH+](C)Cc1ccccc1)c1c(N)n(Cc2ccccc2)c(=O)[nH]c1=O. The van der Waals surface area contributed by atoms with E-state index in [0.29, 0.717) is 6.54 Å². The normalized spacial score (nSPS) is 11.8. The number of rotatable bonds is 8. The van der Waals surface area contributed by atoms with E-state index in [1.54, 1.807) is 6.92 Å². The molecule has 1 aromatic heterocycles. The first-order valence-corrected chi connectivity index (χ1v) is 10.2. The molecule has 4 N–H and O–H groups in total. The number of nitrogens with one attached hydrogen (secondary N) is 2. The van der Waals surface area contributed by atoms with Crippen molar-refractivity contribution in [2.75, 3.05) is 30.8 Å². The number of anilines is 2. The van der Waals surface area contributed by atoms with Gasteiger partial charge in [-0.15, -0.1) is 0 Å². The molecule has 3 aromatic rings. The van der Waals surface area contributed by atoms with E-state index in [0.717, 1.165) is 16.0 Å². The Labute approximate surface area is 180 Å². The van der Waals surface area contributed by atoms with Crippen LogP contribution in [0.5, 0.6) is 0 Å². The molecule has 3 rings (SSSR count). The predicted octanol–water partition coefficient (Wildman–Crippen LogP) is 0.235. The van der Waals surface area contributed by atoms with Gasteiger partial charge >= 0.3 is 5.69 Å². The van der Waals surface area contributed by atoms with E-state index in [-0.39, 0.29) is 37.0 Å². The standard InChI is InChI=1S/C23H27N5O3/c1-3-27(19(29)16-26(2)14-17-10-6-4-7-11-17)20-21(24)28(23(31)25-22(20)30)15-18-12-8-5-9-13-18/h4-13H,3,14-16,24H2,1-2H3,(H,25,30,31)/p+1. The van der Waals surface area contributed by atoms with Crippen molar-refractivity contribution in [1.82, 2.24) is 9.55 Å². The Balaban J connectivity index is 1.86. The molecular formula is C23H28N5O3+. The smallest absolute Gasteiger partial charge is 0.330 e. The minimum Gasteiger partial charge on any atom is -0.383 e. The average Bonchev–Trinajstić information content (AvgIpc) is 2.75. The molecule has 1 unspecified atom stereocenters. The summed E-state index contributed by atoms with van der Waals surface area (Å²) < 4.78 is 1.28. The molecule has 2 aromatic carbocycles. The first-order valence-electron chi connectivity index (χ1n) is 10.2. The van der Waals surface area contributed by atoms with Gasteiger partial charge in [-0.1, -0.05) is 60.7 Å². The number of H-pyrrole nitrogens is 1. The van der Waals surface area contributed by atoms with E-state index < -0.39 is 11.2 Å². The van der Waals surface area contributed by atoms with Crippen molar-refractivity contribution in [3.63, 3.8) is 0 Å². The maximum absolute atomic E-state index is 13.0. The minimum atomic E-state index is -0.664. The number of aromatic nitrogens is 2. The van der Waals surface area contributed by atoms with Crippen LogP contribution >= 0.6 is 0 Å². The van der Waals surface area contributed by atoms with Gasteiger partial charge in [0.2, 0.25) is 0 Å². The van der Waals surface area contributed by atoms with Crippen molar-refractivity contribution >= 4 is 17.4 Å². The first kappa shape index (κ1) is 22.0. The summed E-state index contributed by atoms with van der Waals surface area (Å²) in [7, 11) is 1.92. The van der Waals surface area contributed by atoms with E-state index in [9.17, 15) is 14.4 Å². The Morgan fingerprint density at radius 2 is 1.61 bits per heavy atom. The van der Waals surface area contributed by atoms with Crippen LogP contribution in [0.1, 0.15) is 18.1 Å². The molecular weight excluding hydrogens is 394 g/mol. The molecule has 31 heavy (non-hydrogen) atoms. The lowest BCUT2D eigenvalue weighted by Crippen LogP contribution is -3.09. The van der Waals surface area contributed by atoms with Gasteiger partial charge in [0.25, 0.3) is 11.5 Å². The Morgan fingerprint density at radius 1 is 1.03 bits per heavy atom. The molecule has 8 nitrogen and oxygen atoms in total.